The highest BCUT2D eigenvalue weighted by molar-refractivity contribution is 5.87. The van der Waals surface area contributed by atoms with E-state index in [0.717, 1.165) is 0 Å². The quantitative estimate of drug-likeness (QED) is 0.414. The third-order valence-corrected chi connectivity index (χ3v) is 2.44. The average molecular weight is 245 g/mol. The van der Waals surface area contributed by atoms with Gasteiger partial charge < -0.3 is 10.1 Å². The molecule has 0 aliphatic rings. The van der Waals surface area contributed by atoms with Gasteiger partial charge in [0.25, 0.3) is 5.54 Å². The smallest absolute Gasteiger partial charge is 0.353 e. The van der Waals surface area contributed by atoms with Crippen LogP contribution in [0.3, 0.4) is 0 Å². The van der Waals surface area contributed by atoms with Crippen molar-refractivity contribution in [1.82, 2.24) is 5.32 Å². The molecule has 0 rings (SSSR count). The van der Waals surface area contributed by atoms with Gasteiger partial charge in [-0.15, -0.1) is 0 Å². The van der Waals surface area contributed by atoms with E-state index in [1.54, 1.807) is 27.0 Å². The molecule has 0 radical (unpaired) electrons. The van der Waals surface area contributed by atoms with Gasteiger partial charge in [0, 0.05) is 27.3 Å². The van der Waals surface area contributed by atoms with Gasteiger partial charge in [-0.3, -0.25) is 0 Å². The Hall–Kier alpha value is -1.59. The van der Waals surface area contributed by atoms with Gasteiger partial charge in [0.05, 0.1) is 12.0 Å². The number of carbonyl (C=O) groups is 1. The lowest BCUT2D eigenvalue weighted by molar-refractivity contribution is -0.842. The van der Waals surface area contributed by atoms with Crippen molar-refractivity contribution >= 4 is 5.97 Å². The third-order valence-electron chi connectivity index (χ3n) is 2.44. The van der Waals surface area contributed by atoms with E-state index >= 15 is 0 Å². The molecule has 0 unspecified atom stereocenters. The van der Waals surface area contributed by atoms with Gasteiger partial charge >= 0.3 is 5.97 Å². The zero-order valence-electron chi connectivity index (χ0n) is 11.1. The molecule has 6 heteroatoms. The first-order chi connectivity index (χ1) is 7.88. The van der Waals surface area contributed by atoms with Crippen LogP contribution in [-0.4, -0.2) is 37.7 Å². The topological polar surface area (TPSA) is 67.6 Å². The maximum atomic E-state index is 11.3. The van der Waals surface area contributed by atoms with Crippen LogP contribution in [0.15, 0.2) is 11.8 Å². The van der Waals surface area contributed by atoms with E-state index in [2.05, 4.69) is 14.9 Å². The summed E-state index contributed by atoms with van der Waals surface area (Å²) in [5, 5.41) is 2.75. The number of nitrogens with one attached hydrogen (secondary N) is 1. The fourth-order valence-electron chi connectivity index (χ4n) is 1.31. The number of esters is 1. The van der Waals surface area contributed by atoms with Crippen molar-refractivity contribution in [3.8, 4) is 0 Å². The fraction of sp³-hybridized carbons (Fsp3) is 0.727. The number of hydrogen-bond donors (Lipinski definition) is 1. The lowest BCUT2D eigenvalue weighted by Gasteiger charge is -2.11. The number of rotatable bonds is 7. The standard InChI is InChI=1S/C11H21N2O4/c1-11(2,13(15)17-5)8-6-7-9(12-3)10(14)16-4/h7,12H,6,8H2,1-5H3/q+1/b9-7+. The van der Waals surface area contributed by atoms with Crippen LogP contribution in [0, 0.1) is 4.91 Å². The Bertz CT molecular complexity index is 311. The minimum absolute atomic E-state index is 0.387. The van der Waals surface area contributed by atoms with Crippen molar-refractivity contribution in [2.75, 3.05) is 21.3 Å². The Morgan fingerprint density at radius 3 is 2.41 bits per heavy atom. The first kappa shape index (κ1) is 15.4. The lowest BCUT2D eigenvalue weighted by Crippen LogP contribution is -2.33. The van der Waals surface area contributed by atoms with Gasteiger partial charge in [-0.05, 0) is 6.42 Å². The highest BCUT2D eigenvalue weighted by atomic mass is 16.8. The van der Waals surface area contributed by atoms with Crippen LogP contribution in [0.25, 0.3) is 0 Å². The molecule has 6 nitrogen and oxygen atoms in total. The minimum Gasteiger partial charge on any atom is -0.464 e. The largest absolute Gasteiger partial charge is 0.464 e. The number of methoxy groups -OCH3 is 1. The highest BCUT2D eigenvalue weighted by Gasteiger charge is 2.36. The number of ether oxygens (including phenoxy) is 1. The van der Waals surface area contributed by atoms with E-state index < -0.39 is 11.5 Å². The van der Waals surface area contributed by atoms with Crippen LogP contribution in [-0.2, 0) is 14.4 Å². The van der Waals surface area contributed by atoms with Crippen LogP contribution in [0.4, 0.5) is 0 Å². The van der Waals surface area contributed by atoms with Crippen molar-refractivity contribution in [3.05, 3.63) is 16.7 Å². The van der Waals surface area contributed by atoms with Crippen molar-refractivity contribution in [2.24, 2.45) is 0 Å². The Balaban J connectivity index is 4.42. The van der Waals surface area contributed by atoms with Gasteiger partial charge in [-0.2, -0.15) is 0 Å². The molecule has 0 saturated heterocycles. The monoisotopic (exact) mass is 245 g/mol. The summed E-state index contributed by atoms with van der Waals surface area (Å²) in [5.41, 5.74) is -0.251. The molecule has 0 aliphatic carbocycles. The Labute approximate surface area is 101 Å². The van der Waals surface area contributed by atoms with Gasteiger partial charge in [0.1, 0.15) is 5.70 Å². The SMILES string of the molecule is CN/C(=C/CCC(C)(C)[N+](=O)OC)C(=O)OC. The Morgan fingerprint density at radius 2 is 2.00 bits per heavy atom. The summed E-state index contributed by atoms with van der Waals surface area (Å²) in [6.45, 7) is 3.54. The fourth-order valence-corrected chi connectivity index (χ4v) is 1.31. The number of nitrogens with zero attached hydrogens (tertiary/aromatic N) is 1. The summed E-state index contributed by atoms with van der Waals surface area (Å²) < 4.78 is 4.59. The molecule has 0 aromatic heterocycles. The molecule has 0 aromatic carbocycles. The molecule has 1 N–H and O–H groups in total. The molecular formula is C11H21N2O4+. The molecular weight excluding hydrogens is 224 g/mol. The van der Waals surface area contributed by atoms with Gasteiger partial charge in [0.15, 0.2) is 7.11 Å². The summed E-state index contributed by atoms with van der Waals surface area (Å²) in [6, 6.07) is 0. The highest BCUT2D eigenvalue weighted by Crippen LogP contribution is 2.17. The summed E-state index contributed by atoms with van der Waals surface area (Å²) >= 11 is 0. The van der Waals surface area contributed by atoms with E-state index in [1.165, 1.54) is 14.2 Å². The summed E-state index contributed by atoms with van der Waals surface area (Å²) in [5.74, 6) is -0.420. The minimum atomic E-state index is -0.639. The van der Waals surface area contributed by atoms with E-state index in [1.807, 2.05) is 0 Å². The third kappa shape index (κ3) is 4.84. The summed E-state index contributed by atoms with van der Waals surface area (Å²) in [7, 11) is 4.29. The predicted molar refractivity (Wildman–Crippen MR) is 63.1 cm³/mol. The second kappa shape index (κ2) is 6.88. The maximum Gasteiger partial charge on any atom is 0.353 e. The number of allylic oxidation sites excluding steroid dienone is 1. The van der Waals surface area contributed by atoms with Gasteiger partial charge in [-0.25, -0.2) is 9.63 Å². The zero-order chi connectivity index (χ0) is 13.5. The van der Waals surface area contributed by atoms with Crippen LogP contribution in [0.2, 0.25) is 0 Å². The lowest BCUT2D eigenvalue weighted by atomic mass is 9.99. The van der Waals surface area contributed by atoms with Crippen molar-refractivity contribution in [1.29, 1.82) is 0 Å². The van der Waals surface area contributed by atoms with E-state index in [4.69, 9.17) is 0 Å². The molecule has 17 heavy (non-hydrogen) atoms. The molecule has 0 heterocycles. The Kier molecular flexibility index (Phi) is 6.23. The Morgan fingerprint density at radius 1 is 1.41 bits per heavy atom. The normalized spacial score (nSPS) is 11.9. The van der Waals surface area contributed by atoms with Crippen molar-refractivity contribution in [2.45, 2.75) is 32.2 Å². The van der Waals surface area contributed by atoms with Crippen LogP contribution < -0.4 is 5.32 Å². The number of hydrogen-bond acceptors (Lipinski definition) is 5. The van der Waals surface area contributed by atoms with Crippen molar-refractivity contribution < 1.29 is 19.3 Å². The van der Waals surface area contributed by atoms with Crippen molar-refractivity contribution in [3.63, 3.8) is 0 Å². The molecule has 0 spiro atoms. The van der Waals surface area contributed by atoms with Crippen LogP contribution in [0.5, 0.6) is 0 Å². The zero-order valence-corrected chi connectivity index (χ0v) is 11.1. The molecule has 0 aromatic rings. The van der Waals surface area contributed by atoms with E-state index in [-0.39, 0.29) is 0 Å². The average Bonchev–Trinajstić information content (AvgIpc) is 2.32. The molecule has 0 saturated carbocycles. The number of carbonyl (C=O) groups excluding carboxylic acids is 1. The molecule has 0 aliphatic heterocycles. The number of likely N-dealkylation sites (N-methyl/N-ethyl adjacent to an activating group) is 1. The van der Waals surface area contributed by atoms with Gasteiger partial charge in [-0.1, -0.05) is 6.08 Å². The van der Waals surface area contributed by atoms with Crippen LogP contribution >= 0.6 is 0 Å². The van der Waals surface area contributed by atoms with E-state index in [0.29, 0.717) is 23.5 Å². The maximum absolute atomic E-state index is 11.3. The molecule has 0 fully saturated rings. The first-order valence-corrected chi connectivity index (χ1v) is 5.36. The first-order valence-electron chi connectivity index (χ1n) is 5.36. The molecule has 0 atom stereocenters. The second-order valence-corrected chi connectivity index (χ2v) is 4.15. The second-order valence-electron chi connectivity index (χ2n) is 4.15. The molecule has 0 amide bonds. The van der Waals surface area contributed by atoms with Gasteiger partial charge in [0.2, 0.25) is 4.92 Å². The molecule has 98 valence electrons. The molecule has 0 bridgehead atoms. The predicted octanol–water partition coefficient (Wildman–Crippen LogP) is 1.16. The summed E-state index contributed by atoms with van der Waals surface area (Å²) in [4.78, 5) is 27.7. The summed E-state index contributed by atoms with van der Waals surface area (Å²) in [6.07, 6.45) is 2.84. The van der Waals surface area contributed by atoms with E-state index in [9.17, 15) is 9.70 Å². The van der Waals surface area contributed by atoms with Crippen LogP contribution in [0.1, 0.15) is 26.7 Å².